The van der Waals surface area contributed by atoms with Crippen molar-refractivity contribution in [1.29, 1.82) is 0 Å². The molecule has 1 aromatic heterocycles. The predicted molar refractivity (Wildman–Crippen MR) is 99.9 cm³/mol. The Morgan fingerprint density at radius 1 is 1.28 bits per heavy atom. The van der Waals surface area contributed by atoms with Crippen molar-refractivity contribution in [3.8, 4) is 0 Å². The van der Waals surface area contributed by atoms with Crippen LogP contribution in [-0.2, 0) is 24.1 Å². The second kappa shape index (κ2) is 10.4. The number of aryl methyl sites for hydroxylation is 2. The fourth-order valence-electron chi connectivity index (χ4n) is 2.97. The molecule has 0 radical (unpaired) electrons. The molecule has 1 saturated carbocycles. The molecule has 1 heterocycles. The highest BCUT2D eigenvalue weighted by Crippen LogP contribution is 2.25. The maximum atomic E-state index is 5.42. The molecule has 0 atom stereocenters. The van der Waals surface area contributed by atoms with Gasteiger partial charge in [-0.2, -0.15) is 0 Å². The highest BCUT2D eigenvalue weighted by atomic mass is 16.5. The van der Waals surface area contributed by atoms with E-state index in [4.69, 9.17) is 9.26 Å². The molecule has 1 fully saturated rings. The van der Waals surface area contributed by atoms with E-state index >= 15 is 0 Å². The minimum absolute atomic E-state index is 0.686. The summed E-state index contributed by atoms with van der Waals surface area (Å²) in [5, 5.41) is 10.9. The van der Waals surface area contributed by atoms with Crippen LogP contribution in [0.15, 0.2) is 9.52 Å². The van der Waals surface area contributed by atoms with Gasteiger partial charge in [0.05, 0.1) is 12.3 Å². The number of guanidine groups is 1. The first-order valence-corrected chi connectivity index (χ1v) is 9.37. The Bertz CT molecular complexity index is 518. The third kappa shape index (κ3) is 6.01. The number of hydrogen-bond acceptors (Lipinski definition) is 5. The monoisotopic (exact) mass is 351 g/mol. The van der Waals surface area contributed by atoms with Crippen molar-refractivity contribution < 1.29 is 9.26 Å². The van der Waals surface area contributed by atoms with Crippen LogP contribution >= 0.6 is 0 Å². The number of nitrogens with one attached hydrogen (secondary N) is 2. The molecular formula is C18H33N5O2. The number of ether oxygens (including phenoxy) is 1. The third-order valence-electron chi connectivity index (χ3n) is 4.60. The van der Waals surface area contributed by atoms with Gasteiger partial charge in [-0.25, -0.2) is 0 Å². The van der Waals surface area contributed by atoms with Crippen LogP contribution in [0.3, 0.4) is 0 Å². The molecule has 0 saturated heterocycles. The lowest BCUT2D eigenvalue weighted by molar-refractivity contribution is 0.144. The zero-order valence-corrected chi connectivity index (χ0v) is 16.1. The Morgan fingerprint density at radius 2 is 2.08 bits per heavy atom. The van der Waals surface area contributed by atoms with E-state index in [9.17, 15) is 0 Å². The number of hydrogen-bond donors (Lipinski definition) is 2. The molecule has 0 unspecified atom stereocenters. The lowest BCUT2D eigenvalue weighted by atomic mass is 10.1. The molecule has 7 heteroatoms. The van der Waals surface area contributed by atoms with Gasteiger partial charge in [-0.05, 0) is 19.3 Å². The van der Waals surface area contributed by atoms with Gasteiger partial charge in [-0.3, -0.25) is 9.89 Å². The summed E-state index contributed by atoms with van der Waals surface area (Å²) in [6, 6.07) is 0.739. The fraction of sp³-hybridized carbons (Fsp3) is 0.778. The van der Waals surface area contributed by atoms with Gasteiger partial charge < -0.3 is 19.9 Å². The van der Waals surface area contributed by atoms with E-state index in [1.165, 1.54) is 12.8 Å². The predicted octanol–water partition coefficient (Wildman–Crippen LogP) is 1.58. The van der Waals surface area contributed by atoms with E-state index in [-0.39, 0.29) is 0 Å². The molecule has 142 valence electrons. The zero-order valence-electron chi connectivity index (χ0n) is 16.1. The quantitative estimate of drug-likeness (QED) is 0.466. The zero-order chi connectivity index (χ0) is 18.1. The van der Waals surface area contributed by atoms with E-state index in [1.54, 1.807) is 14.2 Å². The molecular weight excluding hydrogens is 318 g/mol. The number of methoxy groups -OCH3 is 1. The van der Waals surface area contributed by atoms with Crippen molar-refractivity contribution in [2.75, 3.05) is 40.4 Å². The standard InChI is InChI=1S/C18H33N5O2/c1-5-16-15(17(6-2)25-22-16)13-21-18(19-3)20-9-10-23(11-12-24-4)14-7-8-14/h14H,5-13H2,1-4H3,(H2,19,20,21). The summed E-state index contributed by atoms with van der Waals surface area (Å²) in [5.74, 6) is 1.77. The minimum atomic E-state index is 0.686. The first-order chi connectivity index (χ1) is 12.2. The van der Waals surface area contributed by atoms with E-state index in [0.717, 1.165) is 68.1 Å². The summed E-state index contributed by atoms with van der Waals surface area (Å²) in [7, 11) is 3.56. The topological polar surface area (TPSA) is 74.9 Å². The summed E-state index contributed by atoms with van der Waals surface area (Å²) >= 11 is 0. The fourth-order valence-corrected chi connectivity index (χ4v) is 2.97. The molecule has 0 aliphatic heterocycles. The molecule has 0 aromatic carbocycles. The van der Waals surface area contributed by atoms with Crippen LogP contribution in [0.2, 0.25) is 0 Å². The average Bonchev–Trinajstić information content (AvgIpc) is 3.40. The van der Waals surface area contributed by atoms with Crippen LogP contribution in [0.25, 0.3) is 0 Å². The van der Waals surface area contributed by atoms with Crippen molar-refractivity contribution in [2.24, 2.45) is 4.99 Å². The Kier molecular flexibility index (Phi) is 8.21. The molecule has 0 bridgehead atoms. The molecule has 0 spiro atoms. The maximum absolute atomic E-state index is 5.42. The largest absolute Gasteiger partial charge is 0.383 e. The van der Waals surface area contributed by atoms with E-state index in [1.807, 2.05) is 0 Å². The molecule has 2 rings (SSSR count). The number of aromatic nitrogens is 1. The molecule has 7 nitrogen and oxygen atoms in total. The molecule has 25 heavy (non-hydrogen) atoms. The van der Waals surface area contributed by atoms with Crippen LogP contribution in [0, 0.1) is 0 Å². The Balaban J connectivity index is 1.78. The van der Waals surface area contributed by atoms with Crippen molar-refractivity contribution in [3.05, 3.63) is 17.0 Å². The number of nitrogens with zero attached hydrogens (tertiary/aromatic N) is 3. The number of rotatable bonds is 11. The SMILES string of the molecule is CCc1noc(CC)c1CNC(=NC)NCCN(CCOC)C1CC1. The second-order valence-corrected chi connectivity index (χ2v) is 6.35. The lowest BCUT2D eigenvalue weighted by Gasteiger charge is -2.22. The summed E-state index contributed by atoms with van der Waals surface area (Å²) in [6.45, 7) is 8.52. The Morgan fingerprint density at radius 3 is 2.68 bits per heavy atom. The van der Waals surface area contributed by atoms with Gasteiger partial charge in [0.1, 0.15) is 5.76 Å². The normalized spacial score (nSPS) is 15.0. The maximum Gasteiger partial charge on any atom is 0.191 e. The minimum Gasteiger partial charge on any atom is -0.383 e. The highest BCUT2D eigenvalue weighted by molar-refractivity contribution is 5.79. The van der Waals surface area contributed by atoms with E-state index < -0.39 is 0 Å². The summed E-state index contributed by atoms with van der Waals surface area (Å²) in [4.78, 5) is 6.81. The van der Waals surface area contributed by atoms with Gasteiger partial charge in [0.15, 0.2) is 5.96 Å². The Hall–Kier alpha value is -1.60. The van der Waals surface area contributed by atoms with Crippen molar-refractivity contribution in [2.45, 2.75) is 52.1 Å². The van der Waals surface area contributed by atoms with Gasteiger partial charge in [0.2, 0.25) is 0 Å². The van der Waals surface area contributed by atoms with Gasteiger partial charge in [0.25, 0.3) is 0 Å². The first kappa shape index (κ1) is 19.7. The second-order valence-electron chi connectivity index (χ2n) is 6.35. The highest BCUT2D eigenvalue weighted by Gasteiger charge is 2.28. The van der Waals surface area contributed by atoms with Crippen LogP contribution in [0.1, 0.15) is 43.7 Å². The van der Waals surface area contributed by atoms with Gasteiger partial charge in [-0.1, -0.05) is 19.0 Å². The van der Waals surface area contributed by atoms with Gasteiger partial charge in [0, 0.05) is 58.4 Å². The van der Waals surface area contributed by atoms with Gasteiger partial charge in [-0.15, -0.1) is 0 Å². The van der Waals surface area contributed by atoms with E-state index in [0.29, 0.717) is 6.54 Å². The van der Waals surface area contributed by atoms with Crippen LogP contribution < -0.4 is 10.6 Å². The summed E-state index contributed by atoms with van der Waals surface area (Å²) in [5.41, 5.74) is 2.19. The molecule has 1 aliphatic carbocycles. The number of aliphatic imine (C=N–C) groups is 1. The van der Waals surface area contributed by atoms with Crippen LogP contribution in [0.5, 0.6) is 0 Å². The van der Waals surface area contributed by atoms with Crippen molar-refractivity contribution in [3.63, 3.8) is 0 Å². The molecule has 2 N–H and O–H groups in total. The molecule has 1 aromatic rings. The smallest absolute Gasteiger partial charge is 0.191 e. The average molecular weight is 351 g/mol. The van der Waals surface area contributed by atoms with Crippen molar-refractivity contribution in [1.82, 2.24) is 20.7 Å². The molecule has 1 aliphatic rings. The third-order valence-corrected chi connectivity index (χ3v) is 4.60. The first-order valence-electron chi connectivity index (χ1n) is 9.37. The Labute approximate surface area is 151 Å². The lowest BCUT2D eigenvalue weighted by Crippen LogP contribution is -2.42. The van der Waals surface area contributed by atoms with E-state index in [2.05, 4.69) is 39.5 Å². The summed E-state index contributed by atoms with van der Waals surface area (Å²) in [6.07, 6.45) is 4.35. The molecule has 0 amide bonds. The van der Waals surface area contributed by atoms with Crippen LogP contribution in [0.4, 0.5) is 0 Å². The summed E-state index contributed by atoms with van der Waals surface area (Å²) < 4.78 is 10.6. The van der Waals surface area contributed by atoms with Gasteiger partial charge >= 0.3 is 0 Å². The van der Waals surface area contributed by atoms with Crippen molar-refractivity contribution >= 4 is 5.96 Å². The van der Waals surface area contributed by atoms with Crippen LogP contribution in [-0.4, -0.2) is 62.5 Å².